The van der Waals surface area contributed by atoms with Crippen molar-refractivity contribution in [3.8, 4) is 5.75 Å². The lowest BCUT2D eigenvalue weighted by molar-refractivity contribution is -0.132. The van der Waals surface area contributed by atoms with Crippen molar-refractivity contribution in [3.63, 3.8) is 0 Å². The predicted molar refractivity (Wildman–Crippen MR) is 95.3 cm³/mol. The maximum Gasteiger partial charge on any atom is 0.387 e. The Hall–Kier alpha value is -1.44. The molecular weight excluding hydrogens is 352 g/mol. The van der Waals surface area contributed by atoms with Gasteiger partial charge in [-0.25, -0.2) is 0 Å². The molecule has 0 saturated carbocycles. The van der Waals surface area contributed by atoms with Crippen molar-refractivity contribution in [2.75, 3.05) is 33.7 Å². The Morgan fingerprint density at radius 2 is 2.08 bits per heavy atom. The summed E-state index contributed by atoms with van der Waals surface area (Å²) in [4.78, 5) is 16.2. The second kappa shape index (κ2) is 10.5. The molecule has 0 radical (unpaired) electrons. The van der Waals surface area contributed by atoms with Gasteiger partial charge in [0.1, 0.15) is 5.75 Å². The summed E-state index contributed by atoms with van der Waals surface area (Å²) < 4.78 is 28.6. The van der Waals surface area contributed by atoms with Crippen LogP contribution in [-0.2, 0) is 11.3 Å². The van der Waals surface area contributed by atoms with Crippen LogP contribution in [0.15, 0.2) is 24.3 Å². The number of rotatable bonds is 7. The van der Waals surface area contributed by atoms with E-state index in [0.717, 1.165) is 31.5 Å². The van der Waals surface area contributed by atoms with Crippen molar-refractivity contribution in [2.24, 2.45) is 0 Å². The fraction of sp³-hybridized carbons (Fsp3) is 0.588. The molecule has 1 unspecified atom stereocenters. The SMILES string of the molecule is CNC1CCCN(CC(=O)N(C)Cc2ccc(OC(F)F)cc2)C1.Cl. The predicted octanol–water partition coefficient (Wildman–Crippen LogP) is 2.35. The highest BCUT2D eigenvalue weighted by Crippen LogP contribution is 2.16. The van der Waals surface area contributed by atoms with Gasteiger partial charge >= 0.3 is 6.61 Å². The van der Waals surface area contributed by atoms with Crippen LogP contribution < -0.4 is 10.1 Å². The maximum absolute atomic E-state index is 12.4. The molecule has 1 aromatic carbocycles. The van der Waals surface area contributed by atoms with Gasteiger partial charge in [0.25, 0.3) is 0 Å². The normalized spacial score (nSPS) is 17.9. The van der Waals surface area contributed by atoms with E-state index in [1.807, 2.05) is 7.05 Å². The molecule has 2 rings (SSSR count). The van der Waals surface area contributed by atoms with Gasteiger partial charge < -0.3 is 15.0 Å². The van der Waals surface area contributed by atoms with Crippen molar-refractivity contribution in [1.29, 1.82) is 0 Å². The molecule has 1 aromatic rings. The Labute approximate surface area is 153 Å². The Balaban J connectivity index is 0.00000312. The van der Waals surface area contributed by atoms with Crippen LogP contribution in [0.1, 0.15) is 18.4 Å². The number of nitrogens with zero attached hydrogens (tertiary/aromatic N) is 2. The van der Waals surface area contributed by atoms with Gasteiger partial charge in [0, 0.05) is 26.2 Å². The van der Waals surface area contributed by atoms with Crippen LogP contribution in [0.3, 0.4) is 0 Å². The summed E-state index contributed by atoms with van der Waals surface area (Å²) in [6, 6.07) is 6.81. The molecule has 0 aliphatic carbocycles. The molecule has 0 bridgehead atoms. The highest BCUT2D eigenvalue weighted by Gasteiger charge is 2.21. The summed E-state index contributed by atoms with van der Waals surface area (Å²) in [7, 11) is 3.70. The summed E-state index contributed by atoms with van der Waals surface area (Å²) in [5.41, 5.74) is 0.874. The number of likely N-dealkylation sites (tertiary alicyclic amines) is 1. The molecule has 1 atom stereocenters. The minimum Gasteiger partial charge on any atom is -0.435 e. The number of piperidine rings is 1. The molecule has 1 heterocycles. The summed E-state index contributed by atoms with van der Waals surface area (Å²) in [6.07, 6.45) is 2.23. The van der Waals surface area contributed by atoms with Crippen LogP contribution in [0, 0.1) is 0 Å². The van der Waals surface area contributed by atoms with Gasteiger partial charge in [0.05, 0.1) is 6.54 Å². The Morgan fingerprint density at radius 1 is 1.40 bits per heavy atom. The van der Waals surface area contributed by atoms with Crippen LogP contribution in [-0.4, -0.2) is 62.1 Å². The number of alkyl halides is 2. The molecule has 1 aliphatic heterocycles. The van der Waals surface area contributed by atoms with Crippen LogP contribution in [0.4, 0.5) is 8.78 Å². The molecule has 1 amide bonds. The number of hydrogen-bond acceptors (Lipinski definition) is 4. The van der Waals surface area contributed by atoms with Crippen molar-refractivity contribution in [3.05, 3.63) is 29.8 Å². The second-order valence-corrected chi connectivity index (χ2v) is 6.14. The molecule has 5 nitrogen and oxygen atoms in total. The minimum atomic E-state index is -2.83. The molecule has 25 heavy (non-hydrogen) atoms. The third-order valence-electron chi connectivity index (χ3n) is 4.27. The number of likely N-dealkylation sites (N-methyl/N-ethyl adjacent to an activating group) is 2. The number of amides is 1. The monoisotopic (exact) mass is 377 g/mol. The van der Waals surface area contributed by atoms with Crippen molar-refractivity contribution in [2.45, 2.75) is 32.0 Å². The standard InChI is InChI=1S/C17H25F2N3O2.ClH/c1-20-14-4-3-9-22(11-14)12-16(23)21(2)10-13-5-7-15(8-6-13)24-17(18)19;/h5-8,14,17,20H,3-4,9-12H2,1-2H3;1H. The zero-order valence-corrected chi connectivity index (χ0v) is 15.4. The number of carbonyl (C=O) groups excluding carboxylic acids is 1. The molecule has 1 saturated heterocycles. The third kappa shape index (κ3) is 7.13. The van der Waals surface area contributed by atoms with Gasteiger partial charge in [-0.15, -0.1) is 12.4 Å². The number of hydrogen-bond donors (Lipinski definition) is 1. The summed E-state index contributed by atoms with van der Waals surface area (Å²) in [5.74, 6) is 0.175. The van der Waals surface area contributed by atoms with E-state index in [-0.39, 0.29) is 24.1 Å². The lowest BCUT2D eigenvalue weighted by Crippen LogP contribution is -2.48. The fourth-order valence-corrected chi connectivity index (χ4v) is 2.89. The average Bonchev–Trinajstić information content (AvgIpc) is 2.56. The average molecular weight is 378 g/mol. The van der Waals surface area contributed by atoms with Gasteiger partial charge in [-0.1, -0.05) is 12.1 Å². The molecule has 1 fully saturated rings. The first-order chi connectivity index (χ1) is 11.5. The van der Waals surface area contributed by atoms with E-state index < -0.39 is 6.61 Å². The quantitative estimate of drug-likeness (QED) is 0.792. The number of ether oxygens (including phenoxy) is 1. The molecule has 8 heteroatoms. The van der Waals surface area contributed by atoms with E-state index in [0.29, 0.717) is 19.1 Å². The van der Waals surface area contributed by atoms with E-state index in [2.05, 4.69) is 15.0 Å². The molecule has 142 valence electrons. The van der Waals surface area contributed by atoms with Gasteiger partial charge in [-0.3, -0.25) is 9.69 Å². The fourth-order valence-electron chi connectivity index (χ4n) is 2.89. The van der Waals surface area contributed by atoms with E-state index in [4.69, 9.17) is 0 Å². The first-order valence-electron chi connectivity index (χ1n) is 8.15. The van der Waals surface area contributed by atoms with Crippen molar-refractivity contribution in [1.82, 2.24) is 15.1 Å². The van der Waals surface area contributed by atoms with Gasteiger partial charge in [-0.05, 0) is 44.1 Å². The summed E-state index contributed by atoms with van der Waals surface area (Å²) >= 11 is 0. The van der Waals surface area contributed by atoms with Gasteiger partial charge in [0.2, 0.25) is 5.91 Å². The number of benzene rings is 1. The second-order valence-electron chi connectivity index (χ2n) is 6.14. The van der Waals surface area contributed by atoms with Crippen LogP contribution in [0.5, 0.6) is 5.75 Å². The van der Waals surface area contributed by atoms with Crippen LogP contribution in [0.25, 0.3) is 0 Å². The zero-order valence-electron chi connectivity index (χ0n) is 14.6. The third-order valence-corrected chi connectivity index (χ3v) is 4.27. The molecule has 0 aromatic heterocycles. The highest BCUT2D eigenvalue weighted by atomic mass is 35.5. The van der Waals surface area contributed by atoms with E-state index in [1.165, 1.54) is 12.1 Å². The van der Waals surface area contributed by atoms with Gasteiger partial charge in [-0.2, -0.15) is 8.78 Å². The Morgan fingerprint density at radius 3 is 2.68 bits per heavy atom. The highest BCUT2D eigenvalue weighted by molar-refractivity contribution is 5.85. The van der Waals surface area contributed by atoms with E-state index >= 15 is 0 Å². The largest absolute Gasteiger partial charge is 0.435 e. The van der Waals surface area contributed by atoms with Crippen LogP contribution in [0.2, 0.25) is 0 Å². The number of carbonyl (C=O) groups is 1. The Bertz CT molecular complexity index is 531. The molecule has 1 N–H and O–H groups in total. The number of halogens is 3. The first kappa shape index (κ1) is 21.6. The summed E-state index contributed by atoms with van der Waals surface area (Å²) in [6.45, 7) is -0.156. The minimum absolute atomic E-state index is 0. The Kier molecular flexibility index (Phi) is 9.10. The topological polar surface area (TPSA) is 44.8 Å². The number of nitrogens with one attached hydrogen (secondary N) is 1. The van der Waals surface area contributed by atoms with E-state index in [1.54, 1.807) is 24.1 Å². The van der Waals surface area contributed by atoms with E-state index in [9.17, 15) is 13.6 Å². The van der Waals surface area contributed by atoms with Crippen LogP contribution >= 0.6 is 12.4 Å². The molecule has 0 spiro atoms. The lowest BCUT2D eigenvalue weighted by Gasteiger charge is -2.33. The lowest BCUT2D eigenvalue weighted by atomic mass is 10.1. The summed E-state index contributed by atoms with van der Waals surface area (Å²) in [5, 5.41) is 3.26. The van der Waals surface area contributed by atoms with Crippen molar-refractivity contribution < 1.29 is 18.3 Å². The smallest absolute Gasteiger partial charge is 0.387 e. The molecular formula is C17H26ClF2N3O2. The zero-order chi connectivity index (χ0) is 17.5. The van der Waals surface area contributed by atoms with Crippen molar-refractivity contribution >= 4 is 18.3 Å². The molecule has 1 aliphatic rings. The first-order valence-corrected chi connectivity index (χ1v) is 8.15. The van der Waals surface area contributed by atoms with Gasteiger partial charge in [0.15, 0.2) is 0 Å². The maximum atomic E-state index is 12.4.